The smallest absolute Gasteiger partial charge is 0.229 e. The van der Waals surface area contributed by atoms with E-state index in [0.29, 0.717) is 37.3 Å². The first kappa shape index (κ1) is 18.7. The van der Waals surface area contributed by atoms with Crippen LogP contribution in [0.25, 0.3) is 0 Å². The number of carbonyl (C=O) groups is 1. The SMILES string of the molecule is CN(C)C(=O)CCC1CCCN(c2cc(N)nc(N3CCOCC3)n2)C1. The fourth-order valence-corrected chi connectivity index (χ4v) is 3.57. The molecule has 3 rings (SSSR count). The Bertz CT molecular complexity index is 618. The summed E-state index contributed by atoms with van der Waals surface area (Å²) in [5.41, 5.74) is 6.05. The Balaban J connectivity index is 1.65. The number of piperidine rings is 1. The Kier molecular flexibility index (Phi) is 6.13. The predicted octanol–water partition coefficient (Wildman–Crippen LogP) is 0.980. The maximum Gasteiger partial charge on any atom is 0.229 e. The van der Waals surface area contributed by atoms with Gasteiger partial charge in [0.2, 0.25) is 11.9 Å². The molecule has 2 saturated heterocycles. The van der Waals surface area contributed by atoms with Gasteiger partial charge < -0.3 is 25.2 Å². The van der Waals surface area contributed by atoms with Crippen LogP contribution < -0.4 is 15.5 Å². The van der Waals surface area contributed by atoms with E-state index in [9.17, 15) is 4.79 Å². The first-order valence-electron chi connectivity index (χ1n) is 9.45. The van der Waals surface area contributed by atoms with Crippen LogP contribution in [-0.2, 0) is 9.53 Å². The first-order chi connectivity index (χ1) is 12.5. The summed E-state index contributed by atoms with van der Waals surface area (Å²) < 4.78 is 5.41. The molecule has 0 aromatic carbocycles. The molecule has 1 atom stereocenters. The van der Waals surface area contributed by atoms with Gasteiger partial charge >= 0.3 is 0 Å². The molecule has 0 bridgehead atoms. The zero-order valence-corrected chi connectivity index (χ0v) is 15.9. The van der Waals surface area contributed by atoms with E-state index >= 15 is 0 Å². The van der Waals surface area contributed by atoms with E-state index < -0.39 is 0 Å². The Morgan fingerprint density at radius 2 is 2.04 bits per heavy atom. The molecular formula is C18H30N6O2. The normalized spacial score (nSPS) is 20.9. The number of morpholine rings is 1. The summed E-state index contributed by atoms with van der Waals surface area (Å²) in [5.74, 6) is 2.79. The summed E-state index contributed by atoms with van der Waals surface area (Å²) in [6.45, 7) is 4.85. The highest BCUT2D eigenvalue weighted by Gasteiger charge is 2.24. The van der Waals surface area contributed by atoms with Crippen LogP contribution in [0, 0.1) is 5.92 Å². The number of anilines is 3. The van der Waals surface area contributed by atoms with Crippen molar-refractivity contribution in [3.63, 3.8) is 0 Å². The van der Waals surface area contributed by atoms with Crippen LogP contribution in [0.3, 0.4) is 0 Å². The number of nitrogens with two attached hydrogens (primary N) is 1. The lowest BCUT2D eigenvalue weighted by molar-refractivity contribution is -0.129. The topological polar surface area (TPSA) is 87.8 Å². The van der Waals surface area contributed by atoms with Crippen LogP contribution in [0.2, 0.25) is 0 Å². The van der Waals surface area contributed by atoms with Gasteiger partial charge in [0.1, 0.15) is 11.6 Å². The van der Waals surface area contributed by atoms with E-state index in [1.165, 1.54) is 0 Å². The number of carbonyl (C=O) groups excluding carboxylic acids is 1. The van der Waals surface area contributed by atoms with Crippen molar-refractivity contribution in [1.29, 1.82) is 0 Å². The van der Waals surface area contributed by atoms with Gasteiger partial charge in [0.25, 0.3) is 0 Å². The molecule has 2 aliphatic rings. The number of ether oxygens (including phenoxy) is 1. The molecule has 144 valence electrons. The van der Waals surface area contributed by atoms with Crippen molar-refractivity contribution in [1.82, 2.24) is 14.9 Å². The third-order valence-corrected chi connectivity index (χ3v) is 5.12. The van der Waals surface area contributed by atoms with Crippen molar-refractivity contribution >= 4 is 23.5 Å². The zero-order chi connectivity index (χ0) is 18.5. The molecule has 0 spiro atoms. The minimum absolute atomic E-state index is 0.197. The molecule has 1 aromatic rings. The Morgan fingerprint density at radius 3 is 2.77 bits per heavy atom. The van der Waals surface area contributed by atoms with Crippen LogP contribution in [0.15, 0.2) is 6.07 Å². The van der Waals surface area contributed by atoms with E-state index in [1.54, 1.807) is 4.90 Å². The number of amides is 1. The molecule has 1 unspecified atom stereocenters. The number of hydrogen-bond acceptors (Lipinski definition) is 7. The van der Waals surface area contributed by atoms with Gasteiger partial charge in [-0.1, -0.05) is 0 Å². The molecule has 26 heavy (non-hydrogen) atoms. The number of nitrogens with zero attached hydrogens (tertiary/aromatic N) is 5. The van der Waals surface area contributed by atoms with Crippen LogP contribution in [0.1, 0.15) is 25.7 Å². The Morgan fingerprint density at radius 1 is 1.27 bits per heavy atom. The fourth-order valence-electron chi connectivity index (χ4n) is 3.57. The van der Waals surface area contributed by atoms with E-state index in [0.717, 1.165) is 51.3 Å². The fraction of sp³-hybridized carbons (Fsp3) is 0.722. The highest BCUT2D eigenvalue weighted by atomic mass is 16.5. The summed E-state index contributed by atoms with van der Waals surface area (Å²) in [6, 6.07) is 1.86. The number of rotatable bonds is 5. The van der Waals surface area contributed by atoms with Crippen molar-refractivity contribution in [2.75, 3.05) is 69.0 Å². The quantitative estimate of drug-likeness (QED) is 0.835. The van der Waals surface area contributed by atoms with Gasteiger partial charge in [-0.25, -0.2) is 0 Å². The Labute approximate surface area is 155 Å². The third-order valence-electron chi connectivity index (χ3n) is 5.12. The summed E-state index contributed by atoms with van der Waals surface area (Å²) in [4.78, 5) is 27.1. The summed E-state index contributed by atoms with van der Waals surface area (Å²) in [6.07, 6.45) is 3.80. The minimum Gasteiger partial charge on any atom is -0.383 e. The van der Waals surface area contributed by atoms with Gasteiger partial charge in [-0.2, -0.15) is 9.97 Å². The number of nitrogen functional groups attached to an aromatic ring is 1. The van der Waals surface area contributed by atoms with Crippen LogP contribution in [-0.4, -0.2) is 74.3 Å². The van der Waals surface area contributed by atoms with Crippen LogP contribution >= 0.6 is 0 Å². The van der Waals surface area contributed by atoms with Gasteiger partial charge in [0, 0.05) is 52.8 Å². The second-order valence-electron chi connectivity index (χ2n) is 7.33. The molecule has 2 N–H and O–H groups in total. The largest absolute Gasteiger partial charge is 0.383 e. The lowest BCUT2D eigenvalue weighted by Gasteiger charge is -2.34. The lowest BCUT2D eigenvalue weighted by Crippen LogP contribution is -2.39. The van der Waals surface area contributed by atoms with Crippen molar-refractivity contribution in [2.45, 2.75) is 25.7 Å². The minimum atomic E-state index is 0.197. The van der Waals surface area contributed by atoms with Gasteiger partial charge in [0.15, 0.2) is 0 Å². The van der Waals surface area contributed by atoms with Crippen molar-refractivity contribution in [3.05, 3.63) is 6.07 Å². The van der Waals surface area contributed by atoms with E-state index in [2.05, 4.69) is 14.8 Å². The van der Waals surface area contributed by atoms with Crippen LogP contribution in [0.5, 0.6) is 0 Å². The molecule has 3 heterocycles. The van der Waals surface area contributed by atoms with Crippen molar-refractivity contribution in [2.24, 2.45) is 5.92 Å². The number of hydrogen-bond donors (Lipinski definition) is 1. The highest BCUT2D eigenvalue weighted by Crippen LogP contribution is 2.27. The summed E-state index contributed by atoms with van der Waals surface area (Å²) in [7, 11) is 3.62. The van der Waals surface area contributed by atoms with Gasteiger partial charge in [-0.3, -0.25) is 4.79 Å². The molecule has 2 fully saturated rings. The average Bonchev–Trinajstić information content (AvgIpc) is 2.66. The molecule has 0 aliphatic carbocycles. The van der Waals surface area contributed by atoms with E-state index in [4.69, 9.17) is 15.5 Å². The molecule has 2 aliphatic heterocycles. The molecule has 1 aromatic heterocycles. The summed E-state index contributed by atoms with van der Waals surface area (Å²) >= 11 is 0. The maximum absolute atomic E-state index is 11.9. The van der Waals surface area contributed by atoms with E-state index in [-0.39, 0.29) is 5.91 Å². The Hall–Kier alpha value is -2.09. The predicted molar refractivity (Wildman–Crippen MR) is 102 cm³/mol. The molecule has 8 nitrogen and oxygen atoms in total. The molecule has 8 heteroatoms. The second-order valence-corrected chi connectivity index (χ2v) is 7.33. The highest BCUT2D eigenvalue weighted by molar-refractivity contribution is 5.75. The standard InChI is InChI=1S/C18H30N6O2/c1-22(2)17(25)6-5-14-4-3-7-24(13-14)16-12-15(19)20-18(21-16)23-8-10-26-11-9-23/h12,14H,3-11,13H2,1-2H3,(H2,19,20,21). The number of aromatic nitrogens is 2. The van der Waals surface area contributed by atoms with E-state index in [1.807, 2.05) is 20.2 Å². The van der Waals surface area contributed by atoms with Crippen molar-refractivity contribution in [3.8, 4) is 0 Å². The monoisotopic (exact) mass is 362 g/mol. The maximum atomic E-state index is 11.9. The van der Waals surface area contributed by atoms with Crippen molar-refractivity contribution < 1.29 is 9.53 Å². The second kappa shape index (κ2) is 8.53. The molecule has 1 amide bonds. The molecular weight excluding hydrogens is 332 g/mol. The average molecular weight is 362 g/mol. The molecule has 0 radical (unpaired) electrons. The lowest BCUT2D eigenvalue weighted by atomic mass is 9.93. The van der Waals surface area contributed by atoms with Crippen LogP contribution in [0.4, 0.5) is 17.6 Å². The molecule has 0 saturated carbocycles. The first-order valence-corrected chi connectivity index (χ1v) is 9.45. The van der Waals surface area contributed by atoms with Gasteiger partial charge in [-0.15, -0.1) is 0 Å². The van der Waals surface area contributed by atoms with Gasteiger partial charge in [0.05, 0.1) is 13.2 Å². The third kappa shape index (κ3) is 4.75. The van der Waals surface area contributed by atoms with Gasteiger partial charge in [-0.05, 0) is 25.2 Å². The summed E-state index contributed by atoms with van der Waals surface area (Å²) in [5, 5.41) is 0. The zero-order valence-electron chi connectivity index (χ0n) is 15.9.